The number of nitrogens with zero attached hydrogens (tertiary/aromatic N) is 2. The van der Waals surface area contributed by atoms with E-state index < -0.39 is 5.97 Å². The zero-order valence-corrected chi connectivity index (χ0v) is 17.1. The fraction of sp³-hybridized carbons (Fsp3) is 0.500. The second kappa shape index (κ2) is 8.59. The highest BCUT2D eigenvalue weighted by atomic mass is 16.5. The van der Waals surface area contributed by atoms with Crippen molar-refractivity contribution in [3.63, 3.8) is 0 Å². The third-order valence-electron chi connectivity index (χ3n) is 5.88. The molecule has 1 heterocycles. The van der Waals surface area contributed by atoms with E-state index in [4.69, 9.17) is 4.74 Å². The number of aryl methyl sites for hydroxylation is 1. The molecular weight excluding hydrogens is 354 g/mol. The fourth-order valence-electron chi connectivity index (χ4n) is 4.00. The summed E-state index contributed by atoms with van der Waals surface area (Å²) in [4.78, 5) is 24.9. The van der Waals surface area contributed by atoms with E-state index >= 15 is 0 Å². The average molecular weight is 383 g/mol. The van der Waals surface area contributed by atoms with Crippen LogP contribution in [-0.2, 0) is 9.53 Å². The molecule has 0 spiro atoms. The Labute approximate surface area is 166 Å². The Morgan fingerprint density at radius 1 is 1.18 bits per heavy atom. The van der Waals surface area contributed by atoms with Crippen LogP contribution in [0.3, 0.4) is 0 Å². The lowest BCUT2D eigenvalue weighted by molar-refractivity contribution is -0.125. The van der Waals surface area contributed by atoms with Crippen LogP contribution in [0.25, 0.3) is 5.69 Å². The third-order valence-corrected chi connectivity index (χ3v) is 5.88. The van der Waals surface area contributed by atoms with Gasteiger partial charge < -0.3 is 10.1 Å². The van der Waals surface area contributed by atoms with E-state index in [2.05, 4.69) is 24.3 Å². The maximum absolute atomic E-state index is 12.6. The molecule has 1 aromatic heterocycles. The number of hydrogen-bond acceptors (Lipinski definition) is 4. The summed E-state index contributed by atoms with van der Waals surface area (Å²) in [5, 5.41) is 7.48. The first-order valence-electron chi connectivity index (χ1n) is 9.96. The summed E-state index contributed by atoms with van der Waals surface area (Å²) < 4.78 is 7.02. The van der Waals surface area contributed by atoms with Gasteiger partial charge in [-0.1, -0.05) is 44.9 Å². The van der Waals surface area contributed by atoms with Gasteiger partial charge in [-0.2, -0.15) is 5.10 Å². The number of hydrogen-bond donors (Lipinski definition) is 1. The molecule has 1 fully saturated rings. The summed E-state index contributed by atoms with van der Waals surface area (Å²) >= 11 is 0. The molecule has 0 unspecified atom stereocenters. The zero-order chi connectivity index (χ0) is 20.3. The van der Waals surface area contributed by atoms with Crippen molar-refractivity contribution in [1.29, 1.82) is 0 Å². The smallest absolute Gasteiger partial charge is 0.342 e. The zero-order valence-electron chi connectivity index (χ0n) is 17.1. The van der Waals surface area contributed by atoms with Crippen LogP contribution in [0.4, 0.5) is 0 Å². The number of carbonyl (C=O) groups is 2. The van der Waals surface area contributed by atoms with Crippen molar-refractivity contribution in [2.45, 2.75) is 53.0 Å². The van der Waals surface area contributed by atoms with Gasteiger partial charge in [0.15, 0.2) is 6.61 Å². The Balaban J connectivity index is 1.62. The van der Waals surface area contributed by atoms with Crippen molar-refractivity contribution in [2.24, 2.45) is 11.8 Å². The summed E-state index contributed by atoms with van der Waals surface area (Å²) in [6.07, 6.45) is 3.30. The predicted octanol–water partition coefficient (Wildman–Crippen LogP) is 3.59. The topological polar surface area (TPSA) is 73.2 Å². The highest BCUT2D eigenvalue weighted by molar-refractivity contribution is 5.93. The molecule has 1 N–H and O–H groups in total. The summed E-state index contributed by atoms with van der Waals surface area (Å²) in [5.41, 5.74) is 2.57. The molecule has 0 radical (unpaired) electrons. The first kappa shape index (κ1) is 20.1. The summed E-state index contributed by atoms with van der Waals surface area (Å²) in [5.74, 6) is 0.264. The number of nitrogens with one attached hydrogen (secondary N) is 1. The molecule has 1 aromatic carbocycles. The first-order valence-corrected chi connectivity index (χ1v) is 9.96. The summed E-state index contributed by atoms with van der Waals surface area (Å²) in [6.45, 7) is 7.72. The maximum atomic E-state index is 12.6. The molecule has 150 valence electrons. The molecule has 1 aliphatic rings. The first-order chi connectivity index (χ1) is 13.4. The summed E-state index contributed by atoms with van der Waals surface area (Å²) in [6, 6.07) is 9.77. The van der Waals surface area contributed by atoms with E-state index in [1.54, 1.807) is 11.6 Å². The number of aromatic nitrogens is 2. The molecule has 1 aliphatic carbocycles. The summed E-state index contributed by atoms with van der Waals surface area (Å²) in [7, 11) is 0. The molecule has 6 nitrogen and oxygen atoms in total. The van der Waals surface area contributed by atoms with Gasteiger partial charge in [-0.25, -0.2) is 9.48 Å². The largest absolute Gasteiger partial charge is 0.452 e. The Morgan fingerprint density at radius 3 is 2.61 bits per heavy atom. The number of carbonyl (C=O) groups excluding carboxylic acids is 2. The number of esters is 1. The lowest BCUT2D eigenvalue weighted by Crippen LogP contribution is -2.45. The van der Waals surface area contributed by atoms with E-state index in [-0.39, 0.29) is 18.6 Å². The molecule has 0 aliphatic heterocycles. The molecule has 1 amide bonds. The molecule has 0 saturated heterocycles. The van der Waals surface area contributed by atoms with E-state index in [0.29, 0.717) is 28.8 Å². The Morgan fingerprint density at radius 2 is 1.89 bits per heavy atom. The SMILES string of the molecule is Cc1nn(-c2ccccc2)c(C)c1C(=O)OCC(=O)N[C@@H]1CCC[C@@H](C)[C@@H]1C. The van der Waals surface area contributed by atoms with Crippen LogP contribution in [-0.4, -0.2) is 34.3 Å². The van der Waals surface area contributed by atoms with Gasteiger partial charge in [-0.15, -0.1) is 0 Å². The highest BCUT2D eigenvalue weighted by Crippen LogP contribution is 2.29. The van der Waals surface area contributed by atoms with Crippen LogP contribution < -0.4 is 5.32 Å². The Kier molecular flexibility index (Phi) is 6.17. The number of amides is 1. The normalized spacial score (nSPS) is 21.9. The van der Waals surface area contributed by atoms with Crippen molar-refractivity contribution in [3.05, 3.63) is 47.3 Å². The van der Waals surface area contributed by atoms with Gasteiger partial charge >= 0.3 is 5.97 Å². The molecule has 6 heteroatoms. The Bertz CT molecular complexity index is 844. The maximum Gasteiger partial charge on any atom is 0.342 e. The van der Waals surface area contributed by atoms with Gasteiger partial charge in [-0.05, 0) is 44.2 Å². The van der Waals surface area contributed by atoms with Crippen molar-refractivity contribution < 1.29 is 14.3 Å². The molecule has 28 heavy (non-hydrogen) atoms. The monoisotopic (exact) mass is 383 g/mol. The molecule has 2 aromatic rings. The van der Waals surface area contributed by atoms with Gasteiger partial charge in [-0.3, -0.25) is 4.79 Å². The standard InChI is InChI=1S/C22H29N3O3/c1-14-9-8-12-19(15(14)2)23-20(26)13-28-22(27)21-16(3)24-25(17(21)4)18-10-6-5-7-11-18/h5-7,10-11,14-15,19H,8-9,12-13H2,1-4H3,(H,23,26)/t14-,15+,19-/m1/s1. The second-order valence-corrected chi connectivity index (χ2v) is 7.81. The van der Waals surface area contributed by atoms with Crippen molar-refractivity contribution in [2.75, 3.05) is 6.61 Å². The van der Waals surface area contributed by atoms with Gasteiger partial charge in [0.2, 0.25) is 0 Å². The minimum atomic E-state index is -0.516. The molecule has 1 saturated carbocycles. The van der Waals surface area contributed by atoms with Crippen LogP contribution in [0, 0.1) is 25.7 Å². The minimum absolute atomic E-state index is 0.152. The van der Waals surface area contributed by atoms with Gasteiger partial charge in [0.1, 0.15) is 5.56 Å². The van der Waals surface area contributed by atoms with Crippen molar-refractivity contribution in [3.8, 4) is 5.69 Å². The predicted molar refractivity (Wildman–Crippen MR) is 107 cm³/mol. The number of benzene rings is 1. The molecule has 3 atom stereocenters. The lowest BCUT2D eigenvalue weighted by atomic mass is 9.78. The number of para-hydroxylation sites is 1. The highest BCUT2D eigenvalue weighted by Gasteiger charge is 2.28. The molecular formula is C22H29N3O3. The van der Waals surface area contributed by atoms with Gasteiger partial charge in [0.05, 0.1) is 17.1 Å². The quantitative estimate of drug-likeness (QED) is 0.801. The molecule has 3 rings (SSSR count). The lowest BCUT2D eigenvalue weighted by Gasteiger charge is -2.34. The number of ether oxygens (including phenoxy) is 1. The van der Waals surface area contributed by atoms with E-state index in [1.165, 1.54) is 6.42 Å². The van der Waals surface area contributed by atoms with Gasteiger partial charge in [0.25, 0.3) is 5.91 Å². The van der Waals surface area contributed by atoms with Crippen LogP contribution in [0.5, 0.6) is 0 Å². The van der Waals surface area contributed by atoms with E-state index in [9.17, 15) is 9.59 Å². The number of rotatable bonds is 5. The van der Waals surface area contributed by atoms with Gasteiger partial charge in [0, 0.05) is 6.04 Å². The van der Waals surface area contributed by atoms with Crippen LogP contribution in [0.15, 0.2) is 30.3 Å². The van der Waals surface area contributed by atoms with E-state index in [1.807, 2.05) is 37.3 Å². The Hall–Kier alpha value is -2.63. The van der Waals surface area contributed by atoms with Crippen molar-refractivity contribution in [1.82, 2.24) is 15.1 Å². The van der Waals surface area contributed by atoms with Crippen LogP contribution >= 0.6 is 0 Å². The van der Waals surface area contributed by atoms with E-state index in [0.717, 1.165) is 18.5 Å². The van der Waals surface area contributed by atoms with Crippen molar-refractivity contribution >= 4 is 11.9 Å². The average Bonchev–Trinajstić information content (AvgIpc) is 2.98. The van der Waals surface area contributed by atoms with Crippen LogP contribution in [0.2, 0.25) is 0 Å². The third kappa shape index (κ3) is 4.26. The van der Waals surface area contributed by atoms with Crippen LogP contribution in [0.1, 0.15) is 54.9 Å². The molecule has 0 bridgehead atoms. The second-order valence-electron chi connectivity index (χ2n) is 7.81. The fourth-order valence-corrected chi connectivity index (χ4v) is 4.00. The minimum Gasteiger partial charge on any atom is -0.452 e.